The maximum atomic E-state index is 14.7. The molecule has 4 aromatic rings. The topological polar surface area (TPSA) is 68.1 Å². The Morgan fingerprint density at radius 1 is 1.06 bits per heavy atom. The molecule has 0 amide bonds. The highest BCUT2D eigenvalue weighted by Crippen LogP contribution is 2.28. The molecule has 33 heavy (non-hydrogen) atoms. The molecule has 0 bridgehead atoms. The van der Waals surface area contributed by atoms with E-state index in [4.69, 9.17) is 4.74 Å². The third-order valence-electron chi connectivity index (χ3n) is 5.38. The summed E-state index contributed by atoms with van der Waals surface area (Å²) < 4.78 is 36.4. The Hall–Kier alpha value is -3.85. The van der Waals surface area contributed by atoms with Crippen molar-refractivity contribution < 1.29 is 13.5 Å². The molecule has 2 aromatic carbocycles. The average Bonchev–Trinajstić information content (AvgIpc) is 3.34. The highest BCUT2D eigenvalue weighted by Gasteiger charge is 2.16. The lowest BCUT2D eigenvalue weighted by Crippen LogP contribution is -2.36. The number of imidazole rings is 1. The van der Waals surface area contributed by atoms with Gasteiger partial charge in [0.2, 0.25) is 5.95 Å². The van der Waals surface area contributed by atoms with Crippen LogP contribution in [-0.2, 0) is 11.3 Å². The van der Waals surface area contributed by atoms with Crippen LogP contribution in [0.15, 0.2) is 67.4 Å². The van der Waals surface area contributed by atoms with E-state index >= 15 is 0 Å². The van der Waals surface area contributed by atoms with Crippen LogP contribution in [0.2, 0.25) is 0 Å². The van der Waals surface area contributed by atoms with Gasteiger partial charge in [-0.3, -0.25) is 0 Å². The standard InChI is InChI=1S/C24H22F2N6O/c25-19-11-18(12-21(13-19)32-6-8-33-9-7-32)23-22(26)14-28-24(30-23)29-20-3-1-2-17(10-20)15-31-5-4-27-16-31/h1-5,10-14,16H,6-9,15H2,(H,28,29,30). The zero-order valence-electron chi connectivity index (χ0n) is 17.8. The number of rotatable bonds is 6. The van der Waals surface area contributed by atoms with Crippen LogP contribution >= 0.6 is 0 Å². The van der Waals surface area contributed by atoms with Crippen molar-refractivity contribution in [1.82, 2.24) is 19.5 Å². The molecule has 0 radical (unpaired) electrons. The number of aromatic nitrogens is 4. The fraction of sp³-hybridized carbons (Fsp3) is 0.208. The lowest BCUT2D eigenvalue weighted by Gasteiger charge is -2.29. The van der Waals surface area contributed by atoms with Crippen LogP contribution in [0.3, 0.4) is 0 Å². The van der Waals surface area contributed by atoms with Gasteiger partial charge in [0, 0.05) is 49.0 Å². The summed E-state index contributed by atoms with van der Waals surface area (Å²) in [5.41, 5.74) is 2.89. The minimum absolute atomic E-state index is 0.0380. The van der Waals surface area contributed by atoms with Gasteiger partial charge >= 0.3 is 0 Å². The summed E-state index contributed by atoms with van der Waals surface area (Å²) in [5.74, 6) is -0.843. The Labute approximate surface area is 189 Å². The number of ether oxygens (including phenoxy) is 1. The molecule has 5 rings (SSSR count). The maximum absolute atomic E-state index is 14.7. The number of nitrogens with zero attached hydrogens (tertiary/aromatic N) is 5. The lowest BCUT2D eigenvalue weighted by atomic mass is 10.1. The molecular weight excluding hydrogens is 426 g/mol. The summed E-state index contributed by atoms with van der Waals surface area (Å²) in [6.45, 7) is 3.11. The molecule has 0 aliphatic carbocycles. The molecule has 0 spiro atoms. The number of morpholine rings is 1. The summed E-state index contributed by atoms with van der Waals surface area (Å²) >= 11 is 0. The Bertz CT molecular complexity index is 1240. The Morgan fingerprint density at radius 3 is 2.76 bits per heavy atom. The normalized spacial score (nSPS) is 13.8. The molecule has 1 aliphatic heterocycles. The van der Waals surface area contributed by atoms with Gasteiger partial charge in [0.25, 0.3) is 0 Å². The highest BCUT2D eigenvalue weighted by atomic mass is 19.1. The van der Waals surface area contributed by atoms with Crippen molar-refractivity contribution in [3.8, 4) is 11.3 Å². The Balaban J connectivity index is 1.40. The van der Waals surface area contributed by atoms with Gasteiger partial charge in [0.1, 0.15) is 11.5 Å². The first-order valence-corrected chi connectivity index (χ1v) is 10.6. The van der Waals surface area contributed by atoms with Crippen molar-refractivity contribution in [1.29, 1.82) is 0 Å². The number of halogens is 2. The molecule has 1 saturated heterocycles. The Morgan fingerprint density at radius 2 is 1.94 bits per heavy atom. The number of hydrogen-bond donors (Lipinski definition) is 1. The van der Waals surface area contributed by atoms with Crippen LogP contribution in [0.4, 0.5) is 26.1 Å². The van der Waals surface area contributed by atoms with Crippen molar-refractivity contribution in [3.05, 3.63) is 84.6 Å². The molecule has 1 fully saturated rings. The van der Waals surface area contributed by atoms with Crippen molar-refractivity contribution in [3.63, 3.8) is 0 Å². The SMILES string of the molecule is Fc1cc(-c2nc(Nc3cccc(Cn4ccnc4)c3)ncc2F)cc(N2CCOCC2)c1. The molecule has 7 nitrogen and oxygen atoms in total. The largest absolute Gasteiger partial charge is 0.378 e. The van der Waals surface area contributed by atoms with E-state index in [1.807, 2.05) is 39.9 Å². The van der Waals surface area contributed by atoms with Crippen LogP contribution in [-0.4, -0.2) is 45.8 Å². The van der Waals surface area contributed by atoms with Crippen molar-refractivity contribution in [2.24, 2.45) is 0 Å². The zero-order valence-corrected chi connectivity index (χ0v) is 17.8. The predicted molar refractivity (Wildman–Crippen MR) is 121 cm³/mol. The van der Waals surface area contributed by atoms with Crippen molar-refractivity contribution >= 4 is 17.3 Å². The van der Waals surface area contributed by atoms with Crippen molar-refractivity contribution in [2.45, 2.75) is 6.54 Å². The molecule has 168 valence electrons. The first-order chi connectivity index (χ1) is 16.1. The van der Waals surface area contributed by atoms with Gasteiger partial charge in [0.05, 0.1) is 25.7 Å². The molecule has 1 N–H and O–H groups in total. The van der Waals surface area contributed by atoms with E-state index < -0.39 is 11.6 Å². The highest BCUT2D eigenvalue weighted by molar-refractivity contribution is 5.68. The average molecular weight is 448 g/mol. The molecule has 0 saturated carbocycles. The molecule has 2 aromatic heterocycles. The van der Waals surface area contributed by atoms with Gasteiger partial charge in [0.15, 0.2) is 5.82 Å². The number of anilines is 3. The first-order valence-electron chi connectivity index (χ1n) is 10.6. The molecule has 3 heterocycles. The van der Waals surface area contributed by atoms with E-state index in [9.17, 15) is 8.78 Å². The summed E-state index contributed by atoms with van der Waals surface area (Å²) in [6.07, 6.45) is 6.46. The van der Waals surface area contributed by atoms with E-state index in [1.54, 1.807) is 18.6 Å². The summed E-state index contributed by atoms with van der Waals surface area (Å²) in [4.78, 5) is 14.5. The second-order valence-corrected chi connectivity index (χ2v) is 7.75. The third-order valence-corrected chi connectivity index (χ3v) is 5.38. The van der Waals surface area contributed by atoms with Crippen LogP contribution in [0, 0.1) is 11.6 Å². The summed E-state index contributed by atoms with van der Waals surface area (Å²) in [5, 5.41) is 3.12. The van der Waals surface area contributed by atoms with Crippen LogP contribution in [0.1, 0.15) is 5.56 Å². The summed E-state index contributed by atoms with van der Waals surface area (Å²) in [6, 6.07) is 12.2. The fourth-order valence-electron chi connectivity index (χ4n) is 3.81. The quantitative estimate of drug-likeness (QED) is 0.476. The maximum Gasteiger partial charge on any atom is 0.227 e. The molecule has 1 aliphatic rings. The molecule has 0 unspecified atom stereocenters. The van der Waals surface area contributed by atoms with E-state index in [1.165, 1.54) is 12.1 Å². The number of benzene rings is 2. The van der Waals surface area contributed by atoms with Gasteiger partial charge in [-0.2, -0.15) is 0 Å². The number of nitrogens with one attached hydrogen (secondary N) is 1. The van der Waals surface area contributed by atoms with Crippen molar-refractivity contribution in [2.75, 3.05) is 36.5 Å². The van der Waals surface area contributed by atoms with E-state index in [0.29, 0.717) is 44.1 Å². The van der Waals surface area contributed by atoms with E-state index in [2.05, 4.69) is 20.3 Å². The van der Waals surface area contributed by atoms with E-state index in [0.717, 1.165) is 17.4 Å². The van der Waals surface area contributed by atoms with E-state index in [-0.39, 0.29) is 11.6 Å². The fourth-order valence-corrected chi connectivity index (χ4v) is 3.81. The van der Waals surface area contributed by atoms with Gasteiger partial charge in [-0.15, -0.1) is 0 Å². The predicted octanol–water partition coefficient (Wildman–Crippen LogP) is 4.25. The second kappa shape index (κ2) is 9.33. The third kappa shape index (κ3) is 4.98. The van der Waals surface area contributed by atoms with Gasteiger partial charge in [-0.1, -0.05) is 12.1 Å². The summed E-state index contributed by atoms with van der Waals surface area (Å²) in [7, 11) is 0. The molecule has 9 heteroatoms. The molecule has 0 atom stereocenters. The van der Waals surface area contributed by atoms with Gasteiger partial charge < -0.3 is 19.5 Å². The zero-order chi connectivity index (χ0) is 22.6. The smallest absolute Gasteiger partial charge is 0.227 e. The van der Waals surface area contributed by atoms with Crippen LogP contribution in [0.25, 0.3) is 11.3 Å². The van der Waals surface area contributed by atoms with Gasteiger partial charge in [-0.05, 0) is 35.9 Å². The van der Waals surface area contributed by atoms with Crippen LogP contribution < -0.4 is 10.2 Å². The first kappa shape index (κ1) is 21.0. The molecular formula is C24H22F2N6O. The minimum atomic E-state index is -0.618. The van der Waals surface area contributed by atoms with Gasteiger partial charge in [-0.25, -0.2) is 23.7 Å². The lowest BCUT2D eigenvalue weighted by molar-refractivity contribution is 0.122. The minimum Gasteiger partial charge on any atom is -0.378 e. The number of hydrogen-bond acceptors (Lipinski definition) is 6. The Kier molecular flexibility index (Phi) is 5.95. The van der Waals surface area contributed by atoms with Crippen LogP contribution in [0.5, 0.6) is 0 Å². The second-order valence-electron chi connectivity index (χ2n) is 7.75. The monoisotopic (exact) mass is 448 g/mol.